The molecule has 0 radical (unpaired) electrons. The van der Waals surface area contributed by atoms with Crippen LogP contribution in [0.4, 0.5) is 11.4 Å². The van der Waals surface area contributed by atoms with E-state index in [4.69, 9.17) is 0 Å². The van der Waals surface area contributed by atoms with Crippen molar-refractivity contribution in [3.05, 3.63) is 84.7 Å². The van der Waals surface area contributed by atoms with Crippen molar-refractivity contribution in [3.63, 3.8) is 0 Å². The fraction of sp³-hybridized carbons (Fsp3) is 0.0833. The van der Waals surface area contributed by atoms with Gasteiger partial charge in [0.25, 0.3) is 5.91 Å². The van der Waals surface area contributed by atoms with Crippen LogP contribution >= 0.6 is 11.8 Å². The molecule has 0 spiro atoms. The number of aromatic nitrogens is 2. The molecule has 152 valence electrons. The highest BCUT2D eigenvalue weighted by atomic mass is 32.2. The van der Waals surface area contributed by atoms with Gasteiger partial charge in [-0.3, -0.25) is 24.5 Å². The molecule has 4 aromatic rings. The van der Waals surface area contributed by atoms with Crippen molar-refractivity contribution in [2.24, 2.45) is 0 Å². The van der Waals surface area contributed by atoms with Crippen LogP contribution < -0.4 is 10.2 Å². The van der Waals surface area contributed by atoms with Gasteiger partial charge < -0.3 is 5.32 Å². The Morgan fingerprint density at radius 3 is 2.19 bits per heavy atom. The maximum atomic E-state index is 13.2. The average Bonchev–Trinajstić information content (AvgIpc) is 2.82. The summed E-state index contributed by atoms with van der Waals surface area (Å²) in [5.74, 6) is -0.305. The SMILES string of the molecule is O=C(NCCC(=O)N1c2ccccc2Sc2ccccc21)c1ccc2nccnc2c1. The number of benzene rings is 3. The Bertz CT molecular complexity index is 1260. The molecule has 5 rings (SSSR count). The maximum absolute atomic E-state index is 13.2. The zero-order chi connectivity index (χ0) is 21.2. The molecule has 31 heavy (non-hydrogen) atoms. The van der Waals surface area contributed by atoms with Crippen molar-refractivity contribution >= 4 is 46.0 Å². The first-order valence-electron chi connectivity index (χ1n) is 9.88. The molecule has 6 nitrogen and oxygen atoms in total. The second kappa shape index (κ2) is 8.20. The largest absolute Gasteiger partial charge is 0.352 e. The summed E-state index contributed by atoms with van der Waals surface area (Å²) in [4.78, 5) is 38.0. The van der Waals surface area contributed by atoms with E-state index in [2.05, 4.69) is 15.3 Å². The van der Waals surface area contributed by atoms with Crippen molar-refractivity contribution in [1.29, 1.82) is 0 Å². The van der Waals surface area contributed by atoms with E-state index in [-0.39, 0.29) is 24.8 Å². The summed E-state index contributed by atoms with van der Waals surface area (Å²) in [5, 5.41) is 2.84. The van der Waals surface area contributed by atoms with Gasteiger partial charge in [0.05, 0.1) is 22.4 Å². The summed E-state index contributed by atoms with van der Waals surface area (Å²) in [6.07, 6.45) is 3.39. The minimum Gasteiger partial charge on any atom is -0.352 e. The Hall–Kier alpha value is -3.71. The van der Waals surface area contributed by atoms with Crippen molar-refractivity contribution < 1.29 is 9.59 Å². The standard InChI is InChI=1S/C24H18N4O2S/c29-23(11-12-27-24(30)16-9-10-17-18(15-16)26-14-13-25-17)28-19-5-1-3-7-21(19)31-22-8-4-2-6-20(22)28/h1-10,13-15H,11-12H2,(H,27,30). The highest BCUT2D eigenvalue weighted by molar-refractivity contribution is 7.99. The topological polar surface area (TPSA) is 75.2 Å². The summed E-state index contributed by atoms with van der Waals surface area (Å²) in [5.41, 5.74) is 3.62. The molecule has 0 saturated heterocycles. The molecule has 2 heterocycles. The molecular formula is C24H18N4O2S. The van der Waals surface area contributed by atoms with Crippen LogP contribution in [0.1, 0.15) is 16.8 Å². The van der Waals surface area contributed by atoms with E-state index in [0.29, 0.717) is 11.1 Å². The summed E-state index contributed by atoms with van der Waals surface area (Å²) in [7, 11) is 0. The fourth-order valence-electron chi connectivity index (χ4n) is 3.57. The molecule has 1 N–H and O–H groups in total. The van der Waals surface area contributed by atoms with Crippen LogP contribution in [0.3, 0.4) is 0 Å². The third-order valence-corrected chi connectivity index (χ3v) is 6.17. The average molecular weight is 427 g/mol. The van der Waals surface area contributed by atoms with Gasteiger partial charge in [-0.2, -0.15) is 0 Å². The van der Waals surface area contributed by atoms with Gasteiger partial charge in [-0.25, -0.2) is 0 Å². The van der Waals surface area contributed by atoms with Crippen LogP contribution in [-0.2, 0) is 4.79 Å². The molecule has 0 unspecified atom stereocenters. The Morgan fingerprint density at radius 2 is 1.48 bits per heavy atom. The molecule has 0 fully saturated rings. The highest BCUT2D eigenvalue weighted by Gasteiger charge is 2.27. The van der Waals surface area contributed by atoms with Crippen molar-refractivity contribution in [1.82, 2.24) is 15.3 Å². The summed E-state index contributed by atoms with van der Waals surface area (Å²) < 4.78 is 0. The van der Waals surface area contributed by atoms with Crippen LogP contribution in [0.2, 0.25) is 0 Å². The van der Waals surface area contributed by atoms with Gasteiger partial charge in [0.15, 0.2) is 0 Å². The Kier molecular flexibility index (Phi) is 5.09. The fourth-order valence-corrected chi connectivity index (χ4v) is 4.63. The van der Waals surface area contributed by atoms with E-state index in [1.165, 1.54) is 0 Å². The van der Waals surface area contributed by atoms with Crippen molar-refractivity contribution in [2.45, 2.75) is 16.2 Å². The number of carbonyl (C=O) groups excluding carboxylic acids is 2. The van der Waals surface area contributed by atoms with Gasteiger partial charge in [0.1, 0.15) is 0 Å². The number of carbonyl (C=O) groups is 2. The first-order chi connectivity index (χ1) is 15.2. The lowest BCUT2D eigenvalue weighted by Gasteiger charge is -2.31. The zero-order valence-electron chi connectivity index (χ0n) is 16.5. The molecular weight excluding hydrogens is 408 g/mol. The van der Waals surface area contributed by atoms with Gasteiger partial charge in [-0.15, -0.1) is 0 Å². The molecule has 7 heteroatoms. The first-order valence-corrected chi connectivity index (χ1v) is 10.7. The van der Waals surface area contributed by atoms with E-state index in [1.807, 2.05) is 48.5 Å². The smallest absolute Gasteiger partial charge is 0.251 e. The number of amides is 2. The minimum absolute atomic E-state index is 0.0649. The Morgan fingerprint density at radius 1 is 0.839 bits per heavy atom. The van der Waals surface area contributed by atoms with Gasteiger partial charge in [0, 0.05) is 40.7 Å². The number of anilines is 2. The van der Waals surface area contributed by atoms with Crippen LogP contribution in [0.5, 0.6) is 0 Å². The van der Waals surface area contributed by atoms with Gasteiger partial charge in [0.2, 0.25) is 5.91 Å². The van der Waals surface area contributed by atoms with E-state index in [1.54, 1.807) is 47.3 Å². The minimum atomic E-state index is -0.240. The molecule has 0 aliphatic carbocycles. The lowest BCUT2D eigenvalue weighted by Crippen LogP contribution is -2.33. The zero-order valence-corrected chi connectivity index (χ0v) is 17.3. The molecule has 3 aromatic carbocycles. The second-order valence-electron chi connectivity index (χ2n) is 7.03. The number of rotatable bonds is 4. The van der Waals surface area contributed by atoms with Crippen molar-refractivity contribution in [3.8, 4) is 0 Å². The molecule has 0 atom stereocenters. The predicted octanol–water partition coefficient (Wildman–Crippen LogP) is 4.58. The number of nitrogens with one attached hydrogen (secondary N) is 1. The number of fused-ring (bicyclic) bond motifs is 3. The highest BCUT2D eigenvalue weighted by Crippen LogP contribution is 2.47. The van der Waals surface area contributed by atoms with E-state index < -0.39 is 0 Å². The number of hydrogen-bond acceptors (Lipinski definition) is 5. The quantitative estimate of drug-likeness (QED) is 0.517. The normalized spacial score (nSPS) is 12.2. The van der Waals surface area contributed by atoms with Crippen LogP contribution in [-0.4, -0.2) is 28.3 Å². The molecule has 0 bridgehead atoms. The summed E-state index contributed by atoms with van der Waals surface area (Å²) >= 11 is 1.66. The molecule has 1 aliphatic rings. The molecule has 0 saturated carbocycles. The first kappa shape index (κ1) is 19.3. The number of para-hydroxylation sites is 2. The monoisotopic (exact) mass is 426 g/mol. The molecule has 1 aliphatic heterocycles. The van der Waals surface area contributed by atoms with Gasteiger partial charge in [-0.1, -0.05) is 36.0 Å². The predicted molar refractivity (Wildman–Crippen MR) is 121 cm³/mol. The lowest BCUT2D eigenvalue weighted by molar-refractivity contribution is -0.117. The van der Waals surface area contributed by atoms with E-state index in [9.17, 15) is 9.59 Å². The van der Waals surface area contributed by atoms with Crippen LogP contribution in [0, 0.1) is 0 Å². The lowest BCUT2D eigenvalue weighted by atomic mass is 10.1. The third kappa shape index (κ3) is 3.75. The summed E-state index contributed by atoms with van der Waals surface area (Å²) in [6.45, 7) is 0.240. The van der Waals surface area contributed by atoms with Crippen LogP contribution in [0.15, 0.2) is 88.9 Å². The molecule has 2 amide bonds. The number of hydrogen-bond donors (Lipinski definition) is 1. The van der Waals surface area contributed by atoms with Gasteiger partial charge >= 0.3 is 0 Å². The second-order valence-corrected chi connectivity index (χ2v) is 8.12. The van der Waals surface area contributed by atoms with Crippen LogP contribution in [0.25, 0.3) is 11.0 Å². The third-order valence-electron chi connectivity index (χ3n) is 5.04. The van der Waals surface area contributed by atoms with Crippen molar-refractivity contribution in [2.75, 3.05) is 11.4 Å². The van der Waals surface area contributed by atoms with E-state index >= 15 is 0 Å². The maximum Gasteiger partial charge on any atom is 0.251 e. The Balaban J connectivity index is 1.30. The summed E-state index contributed by atoms with van der Waals surface area (Å²) in [6, 6.07) is 20.9. The van der Waals surface area contributed by atoms with Gasteiger partial charge in [-0.05, 0) is 42.5 Å². The van der Waals surface area contributed by atoms with E-state index in [0.717, 1.165) is 26.7 Å². The number of nitrogens with zero attached hydrogens (tertiary/aromatic N) is 3. The Labute approximate surface area is 183 Å². The molecule has 1 aromatic heterocycles.